The van der Waals surface area contributed by atoms with Crippen LogP contribution in [0.3, 0.4) is 0 Å². The Balaban J connectivity index is 1.50. The monoisotopic (exact) mass is 634 g/mol. The average molecular weight is 636 g/mol. The Labute approximate surface area is 260 Å². The van der Waals surface area contributed by atoms with Gasteiger partial charge in [-0.1, -0.05) is 47.5 Å². The van der Waals surface area contributed by atoms with Gasteiger partial charge in [-0.05, 0) is 47.5 Å². The van der Waals surface area contributed by atoms with Gasteiger partial charge in [0, 0.05) is 38.2 Å². The normalized spacial score (nSPS) is 13.7. The van der Waals surface area contributed by atoms with Crippen LogP contribution in [0.1, 0.15) is 34.7 Å². The molecule has 0 bridgehead atoms. The number of rotatable bonds is 8. The molecular formula is C30H28Cl2N8O4. The third-order valence-electron chi connectivity index (χ3n) is 6.49. The molecule has 5 rings (SSSR count). The lowest BCUT2D eigenvalue weighted by atomic mass is 9.97. The summed E-state index contributed by atoms with van der Waals surface area (Å²) in [6, 6.07) is 16.1. The number of hydrazone groups is 2. The maximum Gasteiger partial charge on any atom is 0.276 e. The van der Waals surface area contributed by atoms with E-state index in [-0.39, 0.29) is 22.8 Å². The Hall–Kier alpha value is -4.62. The number of nitrogens with one attached hydrogen (secondary N) is 2. The summed E-state index contributed by atoms with van der Waals surface area (Å²) in [5.41, 5.74) is 1.39. The predicted octanol–water partition coefficient (Wildman–Crippen LogP) is 3.47. The molecule has 0 saturated carbocycles. The molecule has 14 heteroatoms. The second kappa shape index (κ2) is 12.5. The van der Waals surface area contributed by atoms with Crippen molar-refractivity contribution in [3.05, 3.63) is 114 Å². The molecule has 0 aliphatic carbocycles. The standard InChI is InChI=1S/C30H28Cl2N8O4/c1-39(2)37-23(25-29(43)35-21-13-17(31)9-11-19(21)33-25)27(41)15-5-7-16(8-6-15)28(42)24(38-40(3)4)26-30(44)36-22-14-18(32)10-12-20(22)34-26/h5-14,27-28,41-42H,1-4H3,(H,35,43)(H,36,44). The smallest absolute Gasteiger partial charge is 0.276 e. The number of aromatic nitrogens is 4. The largest absolute Gasteiger partial charge is 0.382 e. The fourth-order valence-corrected chi connectivity index (χ4v) is 4.88. The number of H-pyrrole nitrogens is 2. The Morgan fingerprint density at radius 2 is 1.05 bits per heavy atom. The highest BCUT2D eigenvalue weighted by Crippen LogP contribution is 2.24. The quantitative estimate of drug-likeness (QED) is 0.149. The van der Waals surface area contributed by atoms with E-state index in [0.29, 0.717) is 43.2 Å². The van der Waals surface area contributed by atoms with Crippen molar-refractivity contribution in [2.75, 3.05) is 28.2 Å². The molecule has 0 aliphatic heterocycles. The second-order valence-corrected chi connectivity index (χ2v) is 11.2. The maximum atomic E-state index is 13.0. The minimum absolute atomic E-state index is 0.0169. The number of hydrogen-bond donors (Lipinski definition) is 4. The van der Waals surface area contributed by atoms with Crippen LogP contribution in [0.2, 0.25) is 10.0 Å². The van der Waals surface area contributed by atoms with Gasteiger partial charge in [0.1, 0.15) is 23.6 Å². The zero-order valence-electron chi connectivity index (χ0n) is 24.1. The zero-order chi connectivity index (χ0) is 31.7. The van der Waals surface area contributed by atoms with E-state index in [9.17, 15) is 19.8 Å². The van der Waals surface area contributed by atoms with E-state index in [1.165, 1.54) is 10.0 Å². The van der Waals surface area contributed by atoms with Crippen LogP contribution in [-0.2, 0) is 0 Å². The summed E-state index contributed by atoms with van der Waals surface area (Å²) in [4.78, 5) is 40.4. The molecule has 226 valence electrons. The fourth-order valence-electron chi connectivity index (χ4n) is 4.53. The van der Waals surface area contributed by atoms with Crippen LogP contribution in [0.5, 0.6) is 0 Å². The maximum absolute atomic E-state index is 13.0. The topological polar surface area (TPSA) is 163 Å². The summed E-state index contributed by atoms with van der Waals surface area (Å²) in [6.07, 6.45) is -2.71. The first-order valence-electron chi connectivity index (χ1n) is 13.3. The van der Waals surface area contributed by atoms with Crippen LogP contribution in [0.4, 0.5) is 0 Å². The lowest BCUT2D eigenvalue weighted by Crippen LogP contribution is -2.28. The molecule has 4 N–H and O–H groups in total. The summed E-state index contributed by atoms with van der Waals surface area (Å²) < 4.78 is 0. The van der Waals surface area contributed by atoms with Gasteiger partial charge < -0.3 is 30.2 Å². The van der Waals surface area contributed by atoms with E-state index in [2.05, 4.69) is 30.1 Å². The van der Waals surface area contributed by atoms with Gasteiger partial charge in [-0.3, -0.25) is 9.59 Å². The third kappa shape index (κ3) is 6.48. The Morgan fingerprint density at radius 1 is 0.682 bits per heavy atom. The molecule has 2 atom stereocenters. The van der Waals surface area contributed by atoms with E-state index in [0.717, 1.165) is 0 Å². The van der Waals surface area contributed by atoms with Gasteiger partial charge in [0.05, 0.1) is 22.1 Å². The molecule has 0 fully saturated rings. The van der Waals surface area contributed by atoms with Gasteiger partial charge in [-0.25, -0.2) is 9.97 Å². The summed E-state index contributed by atoms with van der Waals surface area (Å²) in [6.45, 7) is 0. The molecular weight excluding hydrogens is 607 g/mol. The van der Waals surface area contributed by atoms with Crippen molar-refractivity contribution in [2.24, 2.45) is 10.2 Å². The van der Waals surface area contributed by atoms with E-state index >= 15 is 0 Å². The van der Waals surface area contributed by atoms with Gasteiger partial charge in [0.15, 0.2) is 11.4 Å². The van der Waals surface area contributed by atoms with Crippen LogP contribution in [0.25, 0.3) is 22.1 Å². The number of aliphatic hydroxyl groups is 2. The van der Waals surface area contributed by atoms with E-state index < -0.39 is 23.3 Å². The van der Waals surface area contributed by atoms with Gasteiger partial charge in [0.2, 0.25) is 0 Å². The Morgan fingerprint density at radius 3 is 1.39 bits per heavy atom. The van der Waals surface area contributed by atoms with Crippen molar-refractivity contribution >= 4 is 56.7 Å². The number of halogens is 2. The molecule has 12 nitrogen and oxygen atoms in total. The molecule has 3 aromatic carbocycles. The van der Waals surface area contributed by atoms with Crippen LogP contribution >= 0.6 is 23.2 Å². The molecule has 0 amide bonds. The Bertz CT molecular complexity index is 1890. The van der Waals surface area contributed by atoms with Crippen LogP contribution < -0.4 is 11.1 Å². The molecule has 2 heterocycles. The summed E-state index contributed by atoms with van der Waals surface area (Å²) >= 11 is 12.1. The van der Waals surface area contributed by atoms with Gasteiger partial charge in [-0.15, -0.1) is 0 Å². The Kier molecular flexibility index (Phi) is 8.79. The van der Waals surface area contributed by atoms with Crippen LogP contribution in [-0.4, -0.2) is 79.8 Å². The van der Waals surface area contributed by atoms with E-state index in [1.54, 1.807) is 88.9 Å². The molecule has 0 saturated heterocycles. The third-order valence-corrected chi connectivity index (χ3v) is 6.97. The summed E-state index contributed by atoms with van der Waals surface area (Å²) in [5, 5.41) is 35.3. The lowest BCUT2D eigenvalue weighted by Gasteiger charge is -2.19. The molecule has 0 spiro atoms. The van der Waals surface area contributed by atoms with Crippen molar-refractivity contribution in [1.29, 1.82) is 0 Å². The number of nitrogens with zero attached hydrogens (tertiary/aromatic N) is 6. The van der Waals surface area contributed by atoms with Gasteiger partial charge >= 0.3 is 0 Å². The first-order chi connectivity index (χ1) is 20.9. The van der Waals surface area contributed by atoms with Crippen molar-refractivity contribution in [2.45, 2.75) is 12.2 Å². The number of benzene rings is 3. The van der Waals surface area contributed by atoms with Crippen molar-refractivity contribution in [3.63, 3.8) is 0 Å². The fraction of sp³-hybridized carbons (Fsp3) is 0.200. The molecule has 44 heavy (non-hydrogen) atoms. The molecule has 2 aromatic heterocycles. The minimum atomic E-state index is -1.35. The first-order valence-corrected chi connectivity index (χ1v) is 14.0. The zero-order valence-corrected chi connectivity index (χ0v) is 25.6. The predicted molar refractivity (Wildman–Crippen MR) is 172 cm³/mol. The number of hydrogen-bond acceptors (Lipinski definition) is 10. The van der Waals surface area contributed by atoms with Gasteiger partial charge in [0.25, 0.3) is 11.1 Å². The highest BCUT2D eigenvalue weighted by molar-refractivity contribution is 6.31. The average Bonchev–Trinajstić information content (AvgIpc) is 2.97. The van der Waals surface area contributed by atoms with Crippen molar-refractivity contribution in [1.82, 2.24) is 30.0 Å². The van der Waals surface area contributed by atoms with E-state index in [4.69, 9.17) is 23.2 Å². The highest BCUT2D eigenvalue weighted by Gasteiger charge is 2.26. The molecule has 5 aromatic rings. The minimum Gasteiger partial charge on any atom is -0.382 e. The number of aromatic amines is 2. The van der Waals surface area contributed by atoms with E-state index in [1.807, 2.05) is 0 Å². The van der Waals surface area contributed by atoms with Crippen molar-refractivity contribution in [3.8, 4) is 0 Å². The SMILES string of the molecule is CN(C)N=C(c1nc2ccc(Cl)cc2[nH]c1=O)C(O)c1ccc(C(O)C(=NN(C)C)c2nc3ccc(Cl)cc3[nH]c2=O)cc1. The van der Waals surface area contributed by atoms with Gasteiger partial charge in [-0.2, -0.15) is 10.2 Å². The molecule has 0 radical (unpaired) electrons. The lowest BCUT2D eigenvalue weighted by molar-refractivity contribution is 0.240. The number of fused-ring (bicyclic) bond motifs is 2. The molecule has 2 unspecified atom stereocenters. The second-order valence-electron chi connectivity index (χ2n) is 10.3. The summed E-state index contributed by atoms with van der Waals surface area (Å²) in [7, 11) is 6.63. The summed E-state index contributed by atoms with van der Waals surface area (Å²) in [5.74, 6) is 0. The first kappa shape index (κ1) is 30.8. The molecule has 0 aliphatic rings. The number of aliphatic hydroxyl groups excluding tert-OH is 2. The van der Waals surface area contributed by atoms with Crippen LogP contribution in [0, 0.1) is 0 Å². The highest BCUT2D eigenvalue weighted by atomic mass is 35.5. The van der Waals surface area contributed by atoms with Crippen molar-refractivity contribution < 1.29 is 10.2 Å². The van der Waals surface area contributed by atoms with Crippen LogP contribution in [0.15, 0.2) is 80.5 Å².